The first-order chi connectivity index (χ1) is 9.15. The van der Waals surface area contributed by atoms with Crippen molar-refractivity contribution in [3.05, 3.63) is 34.7 Å². The van der Waals surface area contributed by atoms with Crippen LogP contribution in [0.5, 0.6) is 0 Å². The second kappa shape index (κ2) is 6.89. The lowest BCUT2D eigenvalue weighted by Crippen LogP contribution is -2.16. The highest BCUT2D eigenvalue weighted by Gasteiger charge is 2.04. The van der Waals surface area contributed by atoms with Crippen LogP contribution in [0.2, 0.25) is 5.02 Å². The number of halogens is 1. The summed E-state index contributed by atoms with van der Waals surface area (Å²) in [6.07, 6.45) is 1.11. The molecule has 0 aliphatic heterocycles. The molecule has 1 heterocycles. The van der Waals surface area contributed by atoms with E-state index in [9.17, 15) is 0 Å². The predicted molar refractivity (Wildman–Crippen MR) is 84.2 cm³/mol. The molecule has 0 radical (unpaired) electrons. The third kappa shape index (κ3) is 4.49. The molecule has 102 valence electrons. The predicted octanol–water partition coefficient (Wildman–Crippen LogP) is 3.83. The van der Waals surface area contributed by atoms with E-state index in [1.807, 2.05) is 24.3 Å². The third-order valence-corrected chi connectivity index (χ3v) is 3.75. The van der Waals surface area contributed by atoms with Gasteiger partial charge in [0.1, 0.15) is 0 Å². The number of rotatable bonds is 6. The summed E-state index contributed by atoms with van der Waals surface area (Å²) in [7, 11) is 4.17. The normalized spacial score (nSPS) is 10.9. The second-order valence-electron chi connectivity index (χ2n) is 4.63. The molecule has 0 fully saturated rings. The topological polar surface area (TPSA) is 28.2 Å². The van der Waals surface area contributed by atoms with Gasteiger partial charge < -0.3 is 10.2 Å². The summed E-state index contributed by atoms with van der Waals surface area (Å²) in [6.45, 7) is 2.04. The van der Waals surface area contributed by atoms with Gasteiger partial charge in [0.05, 0.1) is 5.69 Å². The zero-order valence-electron chi connectivity index (χ0n) is 11.2. The Hall–Kier alpha value is -1.10. The van der Waals surface area contributed by atoms with Crippen molar-refractivity contribution in [2.75, 3.05) is 32.5 Å². The van der Waals surface area contributed by atoms with Gasteiger partial charge in [-0.15, -0.1) is 11.3 Å². The molecule has 2 rings (SSSR count). The summed E-state index contributed by atoms with van der Waals surface area (Å²) < 4.78 is 0. The molecule has 3 nitrogen and oxygen atoms in total. The Balaban J connectivity index is 1.90. The maximum absolute atomic E-state index is 5.88. The van der Waals surface area contributed by atoms with Gasteiger partial charge in [0.15, 0.2) is 5.13 Å². The van der Waals surface area contributed by atoms with E-state index in [0.29, 0.717) is 0 Å². The van der Waals surface area contributed by atoms with Crippen molar-refractivity contribution in [2.45, 2.75) is 6.42 Å². The minimum atomic E-state index is 0.751. The summed E-state index contributed by atoms with van der Waals surface area (Å²) >= 11 is 7.52. The smallest absolute Gasteiger partial charge is 0.183 e. The summed E-state index contributed by atoms with van der Waals surface area (Å²) in [5.74, 6) is 0. The van der Waals surface area contributed by atoms with Gasteiger partial charge in [0, 0.05) is 22.5 Å². The highest BCUT2D eigenvalue weighted by atomic mass is 35.5. The molecule has 1 N–H and O–H groups in total. The number of aromatic nitrogens is 1. The van der Waals surface area contributed by atoms with E-state index >= 15 is 0 Å². The molecule has 0 aliphatic rings. The van der Waals surface area contributed by atoms with Crippen molar-refractivity contribution >= 4 is 28.1 Å². The van der Waals surface area contributed by atoms with Crippen LogP contribution < -0.4 is 5.32 Å². The maximum atomic E-state index is 5.88. The Morgan fingerprint density at radius 2 is 2.00 bits per heavy atom. The average molecular weight is 296 g/mol. The molecule has 2 aromatic rings. The average Bonchev–Trinajstić information content (AvgIpc) is 2.84. The van der Waals surface area contributed by atoms with Gasteiger partial charge in [-0.05, 0) is 39.2 Å². The molecular weight excluding hydrogens is 278 g/mol. The molecule has 19 heavy (non-hydrogen) atoms. The number of thiazole rings is 1. The second-order valence-corrected chi connectivity index (χ2v) is 5.92. The van der Waals surface area contributed by atoms with Gasteiger partial charge in [0.25, 0.3) is 0 Å². The SMILES string of the molecule is CN(C)CCCNc1nc(-c2ccc(Cl)cc2)cs1. The molecule has 0 unspecified atom stereocenters. The minimum Gasteiger partial charge on any atom is -0.361 e. The molecule has 5 heteroatoms. The van der Waals surface area contributed by atoms with Gasteiger partial charge in [-0.2, -0.15) is 0 Å². The quantitative estimate of drug-likeness (QED) is 0.821. The number of anilines is 1. The van der Waals surface area contributed by atoms with Crippen molar-refractivity contribution in [3.8, 4) is 11.3 Å². The Morgan fingerprint density at radius 3 is 2.68 bits per heavy atom. The van der Waals surface area contributed by atoms with E-state index in [1.54, 1.807) is 11.3 Å². The van der Waals surface area contributed by atoms with E-state index in [4.69, 9.17) is 11.6 Å². The van der Waals surface area contributed by atoms with E-state index in [1.165, 1.54) is 0 Å². The van der Waals surface area contributed by atoms with Gasteiger partial charge in [-0.25, -0.2) is 4.98 Å². The van der Waals surface area contributed by atoms with Crippen molar-refractivity contribution in [3.63, 3.8) is 0 Å². The zero-order valence-corrected chi connectivity index (χ0v) is 12.8. The monoisotopic (exact) mass is 295 g/mol. The lowest BCUT2D eigenvalue weighted by Gasteiger charge is -2.08. The van der Waals surface area contributed by atoms with E-state index in [0.717, 1.165) is 40.9 Å². The summed E-state index contributed by atoms with van der Waals surface area (Å²) in [5, 5.41) is 7.15. The van der Waals surface area contributed by atoms with Crippen molar-refractivity contribution in [1.82, 2.24) is 9.88 Å². The number of hydrogen-bond acceptors (Lipinski definition) is 4. The fourth-order valence-corrected chi connectivity index (χ4v) is 2.57. The molecule has 1 aromatic carbocycles. The van der Waals surface area contributed by atoms with Crippen LogP contribution in [0.3, 0.4) is 0 Å². The molecule has 0 saturated carbocycles. The Morgan fingerprint density at radius 1 is 1.26 bits per heavy atom. The fraction of sp³-hybridized carbons (Fsp3) is 0.357. The van der Waals surface area contributed by atoms with Crippen LogP contribution >= 0.6 is 22.9 Å². The van der Waals surface area contributed by atoms with Crippen LogP contribution in [0.15, 0.2) is 29.6 Å². The van der Waals surface area contributed by atoms with Gasteiger partial charge in [-0.1, -0.05) is 23.7 Å². The van der Waals surface area contributed by atoms with Gasteiger partial charge in [-0.3, -0.25) is 0 Å². The standard InChI is InChI=1S/C14H18ClN3S/c1-18(2)9-3-8-16-14-17-13(10-19-14)11-4-6-12(15)7-5-11/h4-7,10H,3,8-9H2,1-2H3,(H,16,17). The summed E-state index contributed by atoms with van der Waals surface area (Å²) in [6, 6.07) is 7.77. The Labute approximate surface area is 123 Å². The van der Waals surface area contributed by atoms with Crippen LogP contribution in [-0.2, 0) is 0 Å². The minimum absolute atomic E-state index is 0.751. The van der Waals surface area contributed by atoms with Crippen molar-refractivity contribution in [1.29, 1.82) is 0 Å². The fourth-order valence-electron chi connectivity index (χ4n) is 1.70. The van der Waals surface area contributed by atoms with Gasteiger partial charge >= 0.3 is 0 Å². The van der Waals surface area contributed by atoms with Crippen LogP contribution in [0, 0.1) is 0 Å². The lowest BCUT2D eigenvalue weighted by atomic mass is 10.2. The molecule has 0 saturated heterocycles. The molecule has 1 aromatic heterocycles. The van der Waals surface area contributed by atoms with Gasteiger partial charge in [0.2, 0.25) is 0 Å². The van der Waals surface area contributed by atoms with E-state index in [2.05, 4.69) is 34.7 Å². The number of hydrogen-bond donors (Lipinski definition) is 1. The Bertz CT molecular complexity index is 508. The molecule has 0 spiro atoms. The number of benzene rings is 1. The largest absolute Gasteiger partial charge is 0.361 e. The van der Waals surface area contributed by atoms with Crippen LogP contribution in [0.25, 0.3) is 11.3 Å². The first kappa shape index (κ1) is 14.3. The van der Waals surface area contributed by atoms with Crippen LogP contribution in [0.4, 0.5) is 5.13 Å². The third-order valence-electron chi connectivity index (χ3n) is 2.70. The van der Waals surface area contributed by atoms with Crippen molar-refractivity contribution in [2.24, 2.45) is 0 Å². The number of nitrogens with zero attached hydrogens (tertiary/aromatic N) is 2. The first-order valence-corrected chi connectivity index (χ1v) is 7.51. The molecule has 0 amide bonds. The zero-order chi connectivity index (χ0) is 13.7. The summed E-state index contributed by atoms with van der Waals surface area (Å²) in [5.41, 5.74) is 2.10. The molecular formula is C14H18ClN3S. The maximum Gasteiger partial charge on any atom is 0.183 e. The highest BCUT2D eigenvalue weighted by Crippen LogP contribution is 2.25. The van der Waals surface area contributed by atoms with Crippen molar-refractivity contribution < 1.29 is 0 Å². The summed E-state index contributed by atoms with van der Waals surface area (Å²) in [4.78, 5) is 6.76. The van der Waals surface area contributed by atoms with E-state index < -0.39 is 0 Å². The first-order valence-electron chi connectivity index (χ1n) is 6.25. The molecule has 0 atom stereocenters. The molecule has 0 bridgehead atoms. The number of nitrogens with one attached hydrogen (secondary N) is 1. The lowest BCUT2D eigenvalue weighted by molar-refractivity contribution is 0.405. The highest BCUT2D eigenvalue weighted by molar-refractivity contribution is 7.14. The Kier molecular flexibility index (Phi) is 5.19. The van der Waals surface area contributed by atoms with Crippen LogP contribution in [0.1, 0.15) is 6.42 Å². The van der Waals surface area contributed by atoms with Crippen LogP contribution in [-0.4, -0.2) is 37.1 Å². The van der Waals surface area contributed by atoms with E-state index in [-0.39, 0.29) is 0 Å². The molecule has 0 aliphatic carbocycles.